The van der Waals surface area contributed by atoms with E-state index < -0.39 is 0 Å². The van der Waals surface area contributed by atoms with Crippen molar-refractivity contribution in [1.29, 1.82) is 0 Å². The van der Waals surface area contributed by atoms with Crippen molar-refractivity contribution < 1.29 is 0 Å². The van der Waals surface area contributed by atoms with E-state index in [9.17, 15) is 0 Å². The quantitative estimate of drug-likeness (QED) is 0.839. The molecule has 0 spiro atoms. The molecule has 0 saturated heterocycles. The maximum atomic E-state index is 4.68. The second-order valence-corrected chi connectivity index (χ2v) is 5.22. The second kappa shape index (κ2) is 4.61. The lowest BCUT2D eigenvalue weighted by molar-refractivity contribution is 0.399. The van der Waals surface area contributed by atoms with Crippen molar-refractivity contribution in [3.63, 3.8) is 0 Å². The van der Waals surface area contributed by atoms with E-state index in [4.69, 9.17) is 0 Å². The Kier molecular flexibility index (Phi) is 2.97. The Morgan fingerprint density at radius 1 is 1.29 bits per heavy atom. The van der Waals surface area contributed by atoms with Gasteiger partial charge in [-0.2, -0.15) is 0 Å². The maximum Gasteiger partial charge on any atom is 0.147 e. The van der Waals surface area contributed by atoms with Crippen molar-refractivity contribution >= 4 is 5.82 Å². The van der Waals surface area contributed by atoms with Crippen LogP contribution in [0.3, 0.4) is 0 Å². The fourth-order valence-electron chi connectivity index (χ4n) is 2.15. The molecule has 0 bridgehead atoms. The summed E-state index contributed by atoms with van der Waals surface area (Å²) in [6.07, 6.45) is 10.3. The van der Waals surface area contributed by atoms with Gasteiger partial charge in [-0.15, -0.1) is 0 Å². The van der Waals surface area contributed by atoms with E-state index in [-0.39, 0.29) is 0 Å². The Hall–Kier alpha value is -1.16. The molecule has 4 heteroatoms. The van der Waals surface area contributed by atoms with Crippen LogP contribution in [0.2, 0.25) is 0 Å². The Balaban J connectivity index is 1.64. The van der Waals surface area contributed by atoms with E-state index in [1.807, 2.05) is 12.4 Å². The van der Waals surface area contributed by atoms with Gasteiger partial charge in [-0.25, -0.2) is 4.98 Å². The highest BCUT2D eigenvalue weighted by Crippen LogP contribution is 2.26. The lowest BCUT2D eigenvalue weighted by atomic mass is 9.92. The first-order valence-corrected chi connectivity index (χ1v) is 6.60. The summed E-state index contributed by atoms with van der Waals surface area (Å²) in [5, 5.41) is 3.48. The van der Waals surface area contributed by atoms with Crippen molar-refractivity contribution in [2.75, 3.05) is 11.9 Å². The van der Waals surface area contributed by atoms with Crippen molar-refractivity contribution in [3.05, 3.63) is 18.1 Å². The zero-order chi connectivity index (χ0) is 11.7. The van der Waals surface area contributed by atoms with Gasteiger partial charge in [0.15, 0.2) is 0 Å². The summed E-state index contributed by atoms with van der Waals surface area (Å²) in [4.78, 5) is 11.3. The van der Waals surface area contributed by atoms with Crippen LogP contribution in [0.5, 0.6) is 0 Å². The van der Waals surface area contributed by atoms with Gasteiger partial charge >= 0.3 is 0 Å². The average molecular weight is 232 g/mol. The summed E-state index contributed by atoms with van der Waals surface area (Å²) in [6.45, 7) is 0.851. The van der Waals surface area contributed by atoms with E-state index in [0.29, 0.717) is 6.04 Å². The molecule has 1 N–H and O–H groups in total. The molecule has 4 nitrogen and oxygen atoms in total. The number of nitrogens with zero attached hydrogens (tertiary/aromatic N) is 3. The van der Waals surface area contributed by atoms with Crippen LogP contribution in [0.1, 0.15) is 37.8 Å². The van der Waals surface area contributed by atoms with Gasteiger partial charge < -0.3 is 10.2 Å². The van der Waals surface area contributed by atoms with E-state index in [2.05, 4.69) is 27.2 Å². The first-order valence-electron chi connectivity index (χ1n) is 6.60. The zero-order valence-electron chi connectivity index (χ0n) is 10.4. The van der Waals surface area contributed by atoms with Crippen molar-refractivity contribution in [2.45, 2.75) is 50.7 Å². The number of nitrogens with one attached hydrogen (secondary N) is 1. The molecule has 2 aliphatic rings. The van der Waals surface area contributed by atoms with E-state index >= 15 is 0 Å². The maximum absolute atomic E-state index is 4.68. The number of anilines is 1. The minimum Gasteiger partial charge on any atom is -0.355 e. The predicted molar refractivity (Wildman–Crippen MR) is 67.9 cm³/mol. The SMILES string of the molecule is CN(c1cncc(CNC2CC2)n1)C1CCC1. The first kappa shape index (κ1) is 11.0. The molecule has 92 valence electrons. The van der Waals surface area contributed by atoms with Crippen LogP contribution in [0.15, 0.2) is 12.4 Å². The third-order valence-corrected chi connectivity index (χ3v) is 3.80. The molecule has 0 amide bonds. The summed E-state index contributed by atoms with van der Waals surface area (Å²) in [5.41, 5.74) is 1.06. The molecule has 0 unspecified atom stereocenters. The van der Waals surface area contributed by atoms with E-state index in [1.165, 1.54) is 32.1 Å². The minimum absolute atomic E-state index is 0.677. The summed E-state index contributed by atoms with van der Waals surface area (Å²) < 4.78 is 0. The number of aromatic nitrogens is 2. The predicted octanol–water partition coefficient (Wildman–Crippen LogP) is 1.72. The smallest absolute Gasteiger partial charge is 0.147 e. The van der Waals surface area contributed by atoms with Crippen LogP contribution in [0.25, 0.3) is 0 Å². The topological polar surface area (TPSA) is 41.1 Å². The highest BCUT2D eigenvalue weighted by molar-refractivity contribution is 5.37. The summed E-state index contributed by atoms with van der Waals surface area (Å²) in [5.74, 6) is 1.02. The largest absolute Gasteiger partial charge is 0.355 e. The normalized spacial score (nSPS) is 20.1. The molecule has 1 heterocycles. The Morgan fingerprint density at radius 2 is 2.12 bits per heavy atom. The molecule has 3 rings (SSSR count). The standard InChI is InChI=1S/C13H20N4/c1-17(12-3-2-4-12)13-9-14-7-11(16-13)8-15-10-5-6-10/h7,9-10,12,15H,2-6,8H2,1H3. The van der Waals surface area contributed by atoms with Crippen molar-refractivity contribution in [1.82, 2.24) is 15.3 Å². The van der Waals surface area contributed by atoms with Crippen LogP contribution >= 0.6 is 0 Å². The van der Waals surface area contributed by atoms with Crippen LogP contribution in [0.4, 0.5) is 5.82 Å². The monoisotopic (exact) mass is 232 g/mol. The van der Waals surface area contributed by atoms with Gasteiger partial charge in [0.25, 0.3) is 0 Å². The lowest BCUT2D eigenvalue weighted by Crippen LogP contribution is -2.37. The van der Waals surface area contributed by atoms with Gasteiger partial charge in [-0.3, -0.25) is 4.98 Å². The van der Waals surface area contributed by atoms with Gasteiger partial charge in [-0.1, -0.05) is 0 Å². The molecule has 1 aromatic heterocycles. The van der Waals surface area contributed by atoms with Crippen LogP contribution in [-0.4, -0.2) is 29.1 Å². The molecule has 0 atom stereocenters. The van der Waals surface area contributed by atoms with Gasteiger partial charge in [0.1, 0.15) is 5.82 Å². The third-order valence-electron chi connectivity index (χ3n) is 3.80. The van der Waals surface area contributed by atoms with Crippen LogP contribution < -0.4 is 10.2 Å². The third kappa shape index (κ3) is 2.57. The molecule has 17 heavy (non-hydrogen) atoms. The second-order valence-electron chi connectivity index (χ2n) is 5.22. The summed E-state index contributed by atoms with van der Waals surface area (Å²) >= 11 is 0. The number of rotatable bonds is 5. The van der Waals surface area contributed by atoms with Gasteiger partial charge in [0, 0.05) is 31.9 Å². The van der Waals surface area contributed by atoms with Crippen molar-refractivity contribution in [3.8, 4) is 0 Å². The Bertz CT molecular complexity index is 385. The fraction of sp³-hybridized carbons (Fsp3) is 0.692. The fourth-order valence-corrected chi connectivity index (χ4v) is 2.15. The van der Waals surface area contributed by atoms with Crippen LogP contribution in [-0.2, 0) is 6.54 Å². The highest BCUT2D eigenvalue weighted by Gasteiger charge is 2.23. The minimum atomic E-state index is 0.677. The van der Waals surface area contributed by atoms with Gasteiger partial charge in [0.2, 0.25) is 0 Å². The number of hydrogen-bond acceptors (Lipinski definition) is 4. The molecule has 0 aliphatic heterocycles. The average Bonchev–Trinajstić information content (AvgIpc) is 3.08. The summed E-state index contributed by atoms with van der Waals surface area (Å²) in [6, 6.07) is 1.40. The van der Waals surface area contributed by atoms with Crippen molar-refractivity contribution in [2.24, 2.45) is 0 Å². The van der Waals surface area contributed by atoms with E-state index in [1.54, 1.807) is 0 Å². The molecular formula is C13H20N4. The molecule has 0 radical (unpaired) electrons. The first-order chi connectivity index (χ1) is 8.33. The molecular weight excluding hydrogens is 212 g/mol. The number of hydrogen-bond donors (Lipinski definition) is 1. The lowest BCUT2D eigenvalue weighted by Gasteiger charge is -2.35. The molecule has 1 aromatic rings. The zero-order valence-corrected chi connectivity index (χ0v) is 10.4. The Morgan fingerprint density at radius 3 is 2.76 bits per heavy atom. The highest BCUT2D eigenvalue weighted by atomic mass is 15.2. The molecule has 0 aromatic carbocycles. The van der Waals surface area contributed by atoms with Crippen LogP contribution in [0, 0.1) is 0 Å². The van der Waals surface area contributed by atoms with E-state index in [0.717, 1.165) is 24.1 Å². The molecule has 2 saturated carbocycles. The van der Waals surface area contributed by atoms with Gasteiger partial charge in [0.05, 0.1) is 11.9 Å². The Labute approximate surface area is 102 Å². The van der Waals surface area contributed by atoms with Gasteiger partial charge in [-0.05, 0) is 32.1 Å². The summed E-state index contributed by atoms with van der Waals surface area (Å²) in [7, 11) is 2.13. The molecule has 2 fully saturated rings. The molecule has 2 aliphatic carbocycles.